The molecule has 0 aliphatic carbocycles. The van der Waals surface area contributed by atoms with Gasteiger partial charge in [-0.15, -0.1) is 0 Å². The van der Waals surface area contributed by atoms with Gasteiger partial charge in [-0.2, -0.15) is 0 Å². The molecule has 1 saturated heterocycles. The van der Waals surface area contributed by atoms with E-state index in [0.29, 0.717) is 0 Å². The van der Waals surface area contributed by atoms with Crippen LogP contribution in [0.25, 0.3) is 0 Å². The average molecular weight is 263 g/mol. The van der Waals surface area contributed by atoms with Crippen molar-refractivity contribution in [1.82, 2.24) is 5.32 Å². The molecule has 8 heteroatoms. The quantitative estimate of drug-likeness (QED) is 0.338. The topological polar surface area (TPSA) is 136 Å². The molecule has 0 bridgehead atoms. The van der Waals surface area contributed by atoms with Crippen molar-refractivity contribution in [3.63, 3.8) is 0 Å². The molecule has 5 N–H and O–H groups in total. The summed E-state index contributed by atoms with van der Waals surface area (Å²) in [7, 11) is 0. The van der Waals surface area contributed by atoms with Crippen LogP contribution in [0.2, 0.25) is 0 Å². The number of carbonyl (C=O) groups excluding carboxylic acids is 2. The summed E-state index contributed by atoms with van der Waals surface area (Å²) in [6.07, 6.45) is -6.04. The van der Waals surface area contributed by atoms with Gasteiger partial charge in [-0.3, -0.25) is 9.59 Å². The summed E-state index contributed by atoms with van der Waals surface area (Å²) in [5.74, 6) is -1.06. The molecule has 0 aromatic rings. The van der Waals surface area contributed by atoms with Gasteiger partial charge in [0.05, 0.1) is 13.0 Å². The first-order chi connectivity index (χ1) is 8.36. The third kappa shape index (κ3) is 3.47. The number of nitrogens with one attached hydrogen (secondary N) is 1. The first kappa shape index (κ1) is 15.0. The number of aliphatic hydroxyl groups is 4. The maximum Gasteiger partial charge on any atom is 0.227 e. The van der Waals surface area contributed by atoms with Crippen molar-refractivity contribution in [3.05, 3.63) is 0 Å². The second-order valence-electron chi connectivity index (χ2n) is 4.20. The summed E-state index contributed by atoms with van der Waals surface area (Å²) >= 11 is 0. The third-order valence-corrected chi connectivity index (χ3v) is 2.64. The number of ketones is 1. The molecule has 1 fully saturated rings. The highest BCUT2D eigenvalue weighted by molar-refractivity contribution is 5.96. The molecule has 8 nitrogen and oxygen atoms in total. The minimum Gasteiger partial charge on any atom is -0.394 e. The van der Waals surface area contributed by atoms with Gasteiger partial charge in [0.25, 0.3) is 0 Å². The molecular formula is C10H17NO7. The van der Waals surface area contributed by atoms with Crippen molar-refractivity contribution in [2.24, 2.45) is 0 Å². The summed E-state index contributed by atoms with van der Waals surface area (Å²) in [6.45, 7) is 0.643. The Morgan fingerprint density at radius 1 is 1.22 bits per heavy atom. The van der Waals surface area contributed by atoms with E-state index in [0.717, 1.165) is 0 Å². The molecular weight excluding hydrogens is 246 g/mol. The molecule has 0 aromatic carbocycles. The monoisotopic (exact) mass is 263 g/mol. The van der Waals surface area contributed by atoms with Crippen LogP contribution >= 0.6 is 0 Å². The fourth-order valence-electron chi connectivity index (χ4n) is 1.72. The van der Waals surface area contributed by atoms with Gasteiger partial charge in [0, 0.05) is 0 Å². The molecule has 1 rings (SSSR count). The molecule has 1 aliphatic rings. The fraction of sp³-hybridized carbons (Fsp3) is 0.800. The van der Waals surface area contributed by atoms with Crippen LogP contribution in [0.15, 0.2) is 0 Å². The highest BCUT2D eigenvalue weighted by Gasteiger charge is 2.44. The predicted octanol–water partition coefficient (Wildman–Crippen LogP) is -3.12. The minimum absolute atomic E-state index is 0.373. The molecule has 104 valence electrons. The van der Waals surface area contributed by atoms with Crippen molar-refractivity contribution in [2.75, 3.05) is 6.61 Å². The lowest BCUT2D eigenvalue weighted by Gasteiger charge is -2.40. The van der Waals surface area contributed by atoms with E-state index in [1.807, 2.05) is 0 Å². The Morgan fingerprint density at radius 3 is 2.33 bits per heavy atom. The Hall–Kier alpha value is -1.06. The zero-order valence-electron chi connectivity index (χ0n) is 9.81. The van der Waals surface area contributed by atoms with E-state index >= 15 is 0 Å². The van der Waals surface area contributed by atoms with Crippen LogP contribution in [0.5, 0.6) is 0 Å². The molecule has 0 radical (unpaired) electrons. The molecule has 1 aliphatic heterocycles. The van der Waals surface area contributed by atoms with Gasteiger partial charge in [0.15, 0.2) is 6.29 Å². The fourth-order valence-corrected chi connectivity index (χ4v) is 1.72. The highest BCUT2D eigenvalue weighted by Crippen LogP contribution is 2.19. The van der Waals surface area contributed by atoms with Gasteiger partial charge >= 0.3 is 0 Å². The summed E-state index contributed by atoms with van der Waals surface area (Å²) in [6, 6.07) is -1.25. The second-order valence-corrected chi connectivity index (χ2v) is 4.20. The lowest BCUT2D eigenvalue weighted by molar-refractivity contribution is -0.253. The van der Waals surface area contributed by atoms with Gasteiger partial charge in [0.2, 0.25) is 5.91 Å². The number of hydrogen-bond acceptors (Lipinski definition) is 7. The summed E-state index contributed by atoms with van der Waals surface area (Å²) in [5, 5.41) is 39.8. The SMILES string of the molecule is CC(=O)CC(=O)N[C@H]1C(O)O[C@H](CO)[C@@H](O)[C@@H]1O. The van der Waals surface area contributed by atoms with Crippen molar-refractivity contribution in [2.45, 2.75) is 44.0 Å². The van der Waals surface area contributed by atoms with Gasteiger partial charge in [0.1, 0.15) is 30.1 Å². The zero-order valence-corrected chi connectivity index (χ0v) is 9.81. The molecule has 5 atom stereocenters. The van der Waals surface area contributed by atoms with E-state index in [1.54, 1.807) is 0 Å². The van der Waals surface area contributed by atoms with Crippen LogP contribution in [0.4, 0.5) is 0 Å². The number of ether oxygens (including phenoxy) is 1. The molecule has 1 amide bonds. The van der Waals surface area contributed by atoms with Gasteiger partial charge in [-0.25, -0.2) is 0 Å². The second kappa shape index (κ2) is 6.21. The number of aliphatic hydroxyl groups excluding tert-OH is 4. The van der Waals surface area contributed by atoms with E-state index in [1.165, 1.54) is 6.92 Å². The standard InChI is InChI=1S/C10H17NO7/c1-4(13)2-6(14)11-7-9(16)8(15)5(3-12)18-10(7)17/h5,7-10,12,15-17H,2-3H2,1H3,(H,11,14)/t5-,7-,8-,9-,10?/m1/s1. The molecule has 1 heterocycles. The molecule has 18 heavy (non-hydrogen) atoms. The van der Waals surface area contributed by atoms with Crippen LogP contribution in [0.3, 0.4) is 0 Å². The van der Waals surface area contributed by atoms with E-state index in [-0.39, 0.29) is 5.78 Å². The van der Waals surface area contributed by atoms with Crippen molar-refractivity contribution in [1.29, 1.82) is 0 Å². The number of amides is 1. The predicted molar refractivity (Wildman–Crippen MR) is 57.2 cm³/mol. The van der Waals surface area contributed by atoms with E-state index in [2.05, 4.69) is 5.32 Å². The molecule has 0 saturated carbocycles. The van der Waals surface area contributed by atoms with Crippen LogP contribution in [-0.4, -0.2) is 69.4 Å². The summed E-state index contributed by atoms with van der Waals surface area (Å²) in [4.78, 5) is 22.1. The molecule has 0 spiro atoms. The van der Waals surface area contributed by atoms with Gasteiger partial charge < -0.3 is 30.5 Å². The van der Waals surface area contributed by atoms with Crippen molar-refractivity contribution < 1.29 is 34.8 Å². The van der Waals surface area contributed by atoms with Crippen molar-refractivity contribution in [3.8, 4) is 0 Å². The maximum absolute atomic E-state index is 11.3. The zero-order chi connectivity index (χ0) is 13.9. The van der Waals surface area contributed by atoms with E-state index in [4.69, 9.17) is 9.84 Å². The molecule has 0 aromatic heterocycles. The largest absolute Gasteiger partial charge is 0.394 e. The number of carbonyl (C=O) groups is 2. The van der Waals surface area contributed by atoms with E-state index < -0.39 is 49.6 Å². The van der Waals surface area contributed by atoms with Crippen LogP contribution in [0.1, 0.15) is 13.3 Å². The lowest BCUT2D eigenvalue weighted by Crippen LogP contribution is -2.64. The Balaban J connectivity index is 2.65. The Labute approximate surface area is 103 Å². The Kier molecular flexibility index (Phi) is 5.17. The number of Topliss-reactive ketones (excluding diaryl/α,β-unsaturated/α-hetero) is 1. The first-order valence-electron chi connectivity index (χ1n) is 5.46. The van der Waals surface area contributed by atoms with Crippen LogP contribution in [-0.2, 0) is 14.3 Å². The normalized spacial score (nSPS) is 36.2. The summed E-state index contributed by atoms with van der Waals surface area (Å²) in [5.41, 5.74) is 0. The number of hydrogen-bond donors (Lipinski definition) is 5. The summed E-state index contributed by atoms with van der Waals surface area (Å²) < 4.78 is 4.83. The minimum atomic E-state index is -1.57. The van der Waals surface area contributed by atoms with Crippen molar-refractivity contribution >= 4 is 11.7 Å². The smallest absolute Gasteiger partial charge is 0.227 e. The van der Waals surface area contributed by atoms with E-state index in [9.17, 15) is 24.9 Å². The maximum atomic E-state index is 11.3. The lowest BCUT2D eigenvalue weighted by atomic mass is 9.97. The Bertz CT molecular complexity index is 321. The van der Waals surface area contributed by atoms with Crippen LogP contribution in [0, 0.1) is 0 Å². The first-order valence-corrected chi connectivity index (χ1v) is 5.46. The number of rotatable bonds is 4. The van der Waals surface area contributed by atoms with Gasteiger partial charge in [-0.05, 0) is 6.92 Å². The average Bonchev–Trinajstić information content (AvgIpc) is 2.28. The highest BCUT2D eigenvalue weighted by atomic mass is 16.6. The Morgan fingerprint density at radius 2 is 1.83 bits per heavy atom. The van der Waals surface area contributed by atoms with Crippen LogP contribution < -0.4 is 5.32 Å². The van der Waals surface area contributed by atoms with Gasteiger partial charge in [-0.1, -0.05) is 0 Å². The molecule has 1 unspecified atom stereocenters. The third-order valence-electron chi connectivity index (χ3n) is 2.64.